The van der Waals surface area contributed by atoms with Crippen LogP contribution in [0.3, 0.4) is 0 Å². The number of nitrogens with zero attached hydrogens (tertiary/aromatic N) is 1. The number of thioether (sulfide) groups is 1. The van der Waals surface area contributed by atoms with E-state index in [0.717, 1.165) is 22.9 Å². The Balaban J connectivity index is 1.66. The molecule has 0 saturated carbocycles. The van der Waals surface area contributed by atoms with E-state index in [9.17, 15) is 14.4 Å². The number of rotatable bonds is 2. The normalized spacial score (nSPS) is 22.9. The van der Waals surface area contributed by atoms with Crippen molar-refractivity contribution in [2.24, 2.45) is 0 Å². The molecule has 5 rings (SSSR count). The second kappa shape index (κ2) is 7.67. The summed E-state index contributed by atoms with van der Waals surface area (Å²) >= 11 is 1.30. The van der Waals surface area contributed by atoms with Gasteiger partial charge in [-0.2, -0.15) is 0 Å². The number of amides is 1. The molecule has 0 radical (unpaired) electrons. The van der Waals surface area contributed by atoms with Crippen molar-refractivity contribution in [3.8, 4) is 0 Å². The van der Waals surface area contributed by atoms with Gasteiger partial charge >= 0.3 is 0 Å². The molecule has 0 unspecified atom stereocenters. The highest BCUT2D eigenvalue weighted by molar-refractivity contribution is 8.00. The van der Waals surface area contributed by atoms with Crippen molar-refractivity contribution in [1.82, 2.24) is 14.8 Å². The summed E-state index contributed by atoms with van der Waals surface area (Å²) in [6.45, 7) is 6.56. The number of hydrogen-bond donors (Lipinski definition) is 3. The van der Waals surface area contributed by atoms with Crippen LogP contribution in [0.2, 0.25) is 0 Å². The third-order valence-electron chi connectivity index (χ3n) is 6.30. The van der Waals surface area contributed by atoms with Crippen LogP contribution in [-0.2, 0) is 9.53 Å². The molecule has 168 valence electrons. The number of carbonyl (C=O) groups excluding carboxylic acids is 1. The number of benzene rings is 1. The molecule has 1 fully saturated rings. The Morgan fingerprint density at radius 1 is 1.19 bits per heavy atom. The average molecular weight is 455 g/mol. The van der Waals surface area contributed by atoms with Gasteiger partial charge in [0.05, 0.1) is 33.7 Å². The van der Waals surface area contributed by atoms with Crippen LogP contribution in [0.15, 0.2) is 33.9 Å². The minimum Gasteiger partial charge on any atom is -0.375 e. The Bertz CT molecular complexity index is 1340. The van der Waals surface area contributed by atoms with E-state index in [2.05, 4.69) is 15.4 Å². The molecule has 0 spiro atoms. The Kier molecular flexibility index (Phi) is 5.05. The smallest absolute Gasteiger partial charge is 0.270 e. The largest absolute Gasteiger partial charge is 0.375 e. The number of anilines is 1. The van der Waals surface area contributed by atoms with Gasteiger partial charge in [-0.3, -0.25) is 24.2 Å². The summed E-state index contributed by atoms with van der Waals surface area (Å²) in [6, 6.07) is 7.64. The maximum atomic E-state index is 13.2. The summed E-state index contributed by atoms with van der Waals surface area (Å²) in [7, 11) is 0. The zero-order valence-electron chi connectivity index (χ0n) is 18.3. The van der Waals surface area contributed by atoms with Crippen LogP contribution in [0.4, 0.5) is 5.82 Å². The molecule has 8 nitrogen and oxygen atoms in total. The van der Waals surface area contributed by atoms with Gasteiger partial charge in [-0.1, -0.05) is 18.2 Å². The molecule has 2 atom stereocenters. The monoisotopic (exact) mass is 454 g/mol. The molecule has 4 heterocycles. The molecule has 2 aromatic heterocycles. The second-order valence-corrected chi connectivity index (χ2v) is 10.3. The van der Waals surface area contributed by atoms with Gasteiger partial charge in [-0.15, -0.1) is 11.8 Å². The van der Waals surface area contributed by atoms with Crippen molar-refractivity contribution in [1.29, 1.82) is 0 Å². The first-order valence-electron chi connectivity index (χ1n) is 10.8. The summed E-state index contributed by atoms with van der Waals surface area (Å²) < 4.78 is 7.60. The third-order valence-corrected chi connectivity index (χ3v) is 7.55. The molecular weight excluding hydrogens is 428 g/mol. The van der Waals surface area contributed by atoms with Crippen LogP contribution in [0.25, 0.3) is 10.9 Å². The first kappa shape index (κ1) is 21.1. The number of fused-ring (bicyclic) bond motifs is 2. The van der Waals surface area contributed by atoms with Crippen molar-refractivity contribution in [2.75, 3.05) is 17.7 Å². The highest BCUT2D eigenvalue weighted by atomic mass is 32.2. The van der Waals surface area contributed by atoms with Crippen molar-refractivity contribution in [2.45, 2.75) is 50.5 Å². The molecule has 1 aromatic carbocycles. The average Bonchev–Trinajstić information content (AvgIpc) is 2.93. The van der Waals surface area contributed by atoms with E-state index in [1.54, 1.807) is 4.68 Å². The molecule has 32 heavy (non-hydrogen) atoms. The number of aryl methyl sites for hydroxylation is 1. The Hall–Kier alpha value is -2.78. The van der Waals surface area contributed by atoms with Crippen molar-refractivity contribution < 1.29 is 9.53 Å². The highest BCUT2D eigenvalue weighted by Gasteiger charge is 2.36. The molecule has 0 bridgehead atoms. The first-order chi connectivity index (χ1) is 15.2. The Morgan fingerprint density at radius 3 is 2.78 bits per heavy atom. The lowest BCUT2D eigenvalue weighted by Gasteiger charge is -2.36. The van der Waals surface area contributed by atoms with Gasteiger partial charge in [0.25, 0.3) is 11.1 Å². The molecule has 9 heteroatoms. The summed E-state index contributed by atoms with van der Waals surface area (Å²) in [5, 5.41) is 6.20. The van der Waals surface area contributed by atoms with E-state index in [1.807, 2.05) is 45.0 Å². The number of para-hydroxylation sites is 1. The first-order valence-corrected chi connectivity index (χ1v) is 11.8. The van der Waals surface area contributed by atoms with Crippen molar-refractivity contribution in [3.63, 3.8) is 0 Å². The number of H-pyrrole nitrogens is 2. The molecule has 0 aliphatic carbocycles. The van der Waals surface area contributed by atoms with Gasteiger partial charge in [0.15, 0.2) is 0 Å². The van der Waals surface area contributed by atoms with Crippen LogP contribution in [0.5, 0.6) is 0 Å². The minimum atomic E-state index is -0.560. The van der Waals surface area contributed by atoms with Crippen LogP contribution >= 0.6 is 11.8 Å². The summed E-state index contributed by atoms with van der Waals surface area (Å²) in [5.41, 5.74) is 1.79. The molecular formula is C23H26N4O4S. The third kappa shape index (κ3) is 3.59. The number of aromatic nitrogens is 3. The lowest BCUT2D eigenvalue weighted by molar-refractivity contribution is -0.113. The van der Waals surface area contributed by atoms with E-state index < -0.39 is 5.25 Å². The fraction of sp³-hybridized carbons (Fsp3) is 0.435. The summed E-state index contributed by atoms with van der Waals surface area (Å²) in [6.07, 6.45) is 1.43. The zero-order valence-corrected chi connectivity index (χ0v) is 19.1. The minimum absolute atomic E-state index is 0.0169. The number of ether oxygens (including phenoxy) is 1. The van der Waals surface area contributed by atoms with Gasteiger partial charge < -0.3 is 15.0 Å². The van der Waals surface area contributed by atoms with E-state index in [1.165, 1.54) is 11.8 Å². The summed E-state index contributed by atoms with van der Waals surface area (Å²) in [5.74, 6) is 0.427. The van der Waals surface area contributed by atoms with Crippen LogP contribution in [0.1, 0.15) is 54.7 Å². The number of hydrogen-bond acceptors (Lipinski definition) is 5. The molecule has 3 aromatic rings. The maximum absolute atomic E-state index is 13.2. The molecule has 1 saturated heterocycles. The van der Waals surface area contributed by atoms with E-state index in [-0.39, 0.29) is 34.4 Å². The fourth-order valence-corrected chi connectivity index (χ4v) is 5.91. The van der Waals surface area contributed by atoms with Gasteiger partial charge in [0.1, 0.15) is 5.82 Å². The lowest BCUT2D eigenvalue weighted by atomic mass is 9.94. The fourth-order valence-electron chi connectivity index (χ4n) is 4.78. The van der Waals surface area contributed by atoms with Crippen LogP contribution < -0.4 is 16.4 Å². The number of aromatic amines is 2. The van der Waals surface area contributed by atoms with Gasteiger partial charge in [-0.25, -0.2) is 0 Å². The van der Waals surface area contributed by atoms with E-state index in [4.69, 9.17) is 4.74 Å². The Labute approximate surface area is 188 Å². The number of pyridine rings is 1. The maximum Gasteiger partial charge on any atom is 0.270 e. The molecule has 2 aliphatic rings. The lowest BCUT2D eigenvalue weighted by Crippen LogP contribution is -2.36. The number of carbonyl (C=O) groups is 1. The highest BCUT2D eigenvalue weighted by Crippen LogP contribution is 2.41. The van der Waals surface area contributed by atoms with E-state index >= 15 is 0 Å². The van der Waals surface area contributed by atoms with Gasteiger partial charge in [0, 0.05) is 12.2 Å². The van der Waals surface area contributed by atoms with Crippen LogP contribution in [0, 0.1) is 6.92 Å². The van der Waals surface area contributed by atoms with Crippen LogP contribution in [-0.4, -0.2) is 38.6 Å². The van der Waals surface area contributed by atoms with E-state index in [0.29, 0.717) is 30.0 Å². The standard InChI is InChI=1S/C23H26N4O4S/c1-12-5-4-6-13-9-15(21(29)25-18(12)13)19-17-20(24-16(28)11-32-19)27(26-22(17)30)14-7-8-31-23(2,3)10-14/h4-6,9,14,19H,7-8,10-11H2,1-3H3,(H,24,28)(H,25,29)(H,26,30)/t14-,19+/m0/s1. The Morgan fingerprint density at radius 2 is 2.00 bits per heavy atom. The molecule has 3 N–H and O–H groups in total. The second-order valence-electron chi connectivity index (χ2n) is 9.16. The summed E-state index contributed by atoms with van der Waals surface area (Å²) in [4.78, 5) is 41.8. The molecule has 2 aliphatic heterocycles. The topological polar surface area (TPSA) is 109 Å². The SMILES string of the molecule is Cc1cccc2cc([C@H]3SCC(=O)Nc4c3c(=O)[nH]n4[C@H]3CCOC(C)(C)C3)c(=O)[nH]c12. The van der Waals surface area contributed by atoms with Crippen molar-refractivity contribution in [3.05, 3.63) is 61.7 Å². The molecule has 1 amide bonds. The van der Waals surface area contributed by atoms with Gasteiger partial charge in [-0.05, 0) is 50.6 Å². The van der Waals surface area contributed by atoms with Gasteiger partial charge in [0.2, 0.25) is 5.91 Å². The quantitative estimate of drug-likeness (QED) is 0.551. The number of nitrogens with one attached hydrogen (secondary N) is 3. The predicted molar refractivity (Wildman–Crippen MR) is 126 cm³/mol. The van der Waals surface area contributed by atoms with Crippen molar-refractivity contribution >= 4 is 34.4 Å². The zero-order chi connectivity index (χ0) is 22.6. The predicted octanol–water partition coefficient (Wildman–Crippen LogP) is 3.23.